The van der Waals surface area contributed by atoms with E-state index in [9.17, 15) is 10.1 Å². The maximum atomic E-state index is 16.7. The van der Waals surface area contributed by atoms with Gasteiger partial charge in [-0.1, -0.05) is 56.5 Å². The number of amides is 1. The number of likely N-dealkylation sites (tertiary alicyclic amines) is 1. The lowest BCUT2D eigenvalue weighted by atomic mass is 9.68. The van der Waals surface area contributed by atoms with Gasteiger partial charge in [-0.2, -0.15) is 5.26 Å². The SMILES string of the molecule is C=CC(=O)N1CCN(C2NC(OCC3CCCN3C)(C3CCCCCC3)NC3C[C@]4(CCC32)OCc2ccccc2C4F)CC1CC#N. The molecule has 1 aromatic carbocycles. The molecule has 2 saturated carbocycles. The van der Waals surface area contributed by atoms with Crippen LogP contribution in [0.2, 0.25) is 0 Å². The Labute approximate surface area is 286 Å². The smallest absolute Gasteiger partial charge is 0.246 e. The van der Waals surface area contributed by atoms with Crippen molar-refractivity contribution in [2.75, 3.05) is 39.8 Å². The Kier molecular flexibility index (Phi) is 10.3. The van der Waals surface area contributed by atoms with Crippen LogP contribution < -0.4 is 10.6 Å². The Morgan fingerprint density at radius 3 is 2.67 bits per heavy atom. The van der Waals surface area contributed by atoms with Crippen molar-refractivity contribution in [1.29, 1.82) is 5.26 Å². The van der Waals surface area contributed by atoms with E-state index in [4.69, 9.17) is 9.47 Å². The van der Waals surface area contributed by atoms with Crippen molar-refractivity contribution in [3.63, 3.8) is 0 Å². The first-order valence-electron chi connectivity index (χ1n) is 18.7. The van der Waals surface area contributed by atoms with Crippen molar-refractivity contribution < 1.29 is 18.7 Å². The molecule has 2 aliphatic carbocycles. The Balaban J connectivity index is 1.23. The van der Waals surface area contributed by atoms with Crippen LogP contribution in [0.3, 0.4) is 0 Å². The molecule has 48 heavy (non-hydrogen) atoms. The monoisotopic (exact) mass is 662 g/mol. The molecule has 1 amide bonds. The van der Waals surface area contributed by atoms with E-state index < -0.39 is 17.6 Å². The molecule has 9 nitrogen and oxygen atoms in total. The molecule has 7 rings (SSSR count). The summed E-state index contributed by atoms with van der Waals surface area (Å²) in [6.07, 6.45) is 11.7. The van der Waals surface area contributed by atoms with Crippen LogP contribution >= 0.6 is 0 Å². The van der Waals surface area contributed by atoms with Crippen molar-refractivity contribution >= 4 is 5.91 Å². The summed E-state index contributed by atoms with van der Waals surface area (Å²) in [4.78, 5) is 19.5. The number of hydrogen-bond acceptors (Lipinski definition) is 8. The van der Waals surface area contributed by atoms with Crippen LogP contribution in [-0.2, 0) is 20.9 Å². The summed E-state index contributed by atoms with van der Waals surface area (Å²) in [6, 6.07) is 10.3. The fourth-order valence-electron chi connectivity index (χ4n) is 9.99. The van der Waals surface area contributed by atoms with Crippen LogP contribution in [-0.4, -0.2) is 96.2 Å². The quantitative estimate of drug-likeness (QED) is 0.312. The number of piperazine rings is 1. The van der Waals surface area contributed by atoms with Crippen LogP contribution in [0.15, 0.2) is 36.9 Å². The second-order valence-electron chi connectivity index (χ2n) is 15.4. The number of nitrogens with zero attached hydrogens (tertiary/aromatic N) is 4. The molecule has 7 unspecified atom stereocenters. The summed E-state index contributed by atoms with van der Waals surface area (Å²) in [5.74, 6) is -0.438. The van der Waals surface area contributed by atoms with Crippen molar-refractivity contribution in [2.24, 2.45) is 11.8 Å². The highest BCUT2D eigenvalue weighted by molar-refractivity contribution is 5.87. The Hall–Kier alpha value is -2.39. The molecule has 2 N–H and O–H groups in total. The number of nitriles is 1. The van der Waals surface area contributed by atoms with E-state index in [1.807, 2.05) is 29.2 Å². The lowest BCUT2D eigenvalue weighted by molar-refractivity contribution is -0.225. The first kappa shape index (κ1) is 34.1. The van der Waals surface area contributed by atoms with Gasteiger partial charge in [0.2, 0.25) is 5.91 Å². The van der Waals surface area contributed by atoms with Gasteiger partial charge < -0.3 is 19.3 Å². The standard InChI is InChI=1S/C38H55FN6O3/c1-3-34(46)45-22-21-44(24-29(45)17-19-40)36-32-16-18-37(35(39)31-15-9-8-11-27(31)25-47-37)23-33(32)41-38(42-36,28-12-6-4-5-7-13-28)48-26-30-14-10-20-43(30)2/h3,8-9,11,15,28-30,32-33,35-36,41-42H,1,4-7,10,12-14,16-18,20-26H2,2H3/t29?,30?,32?,33?,35?,36?,37-,38?/m0/s1. The number of fused-ring (bicyclic) bond motifs is 2. The fourth-order valence-corrected chi connectivity index (χ4v) is 9.99. The van der Waals surface area contributed by atoms with E-state index >= 15 is 4.39 Å². The predicted octanol–water partition coefficient (Wildman–Crippen LogP) is 5.00. The zero-order valence-electron chi connectivity index (χ0n) is 28.8. The van der Waals surface area contributed by atoms with Crippen LogP contribution in [0.25, 0.3) is 0 Å². The molecule has 0 radical (unpaired) electrons. The van der Waals surface area contributed by atoms with E-state index in [1.165, 1.54) is 38.2 Å². The zero-order chi connectivity index (χ0) is 33.3. The molecule has 4 heterocycles. The van der Waals surface area contributed by atoms with E-state index in [-0.39, 0.29) is 42.4 Å². The number of alkyl halides is 1. The minimum Gasteiger partial charge on any atom is -0.367 e. The Morgan fingerprint density at radius 1 is 1.10 bits per heavy atom. The van der Waals surface area contributed by atoms with Crippen LogP contribution in [0, 0.1) is 23.2 Å². The second kappa shape index (κ2) is 14.5. The van der Waals surface area contributed by atoms with E-state index in [0.717, 1.165) is 43.4 Å². The topological polar surface area (TPSA) is 93.1 Å². The highest BCUT2D eigenvalue weighted by atomic mass is 19.1. The maximum Gasteiger partial charge on any atom is 0.246 e. The van der Waals surface area contributed by atoms with Crippen LogP contribution in [0.5, 0.6) is 0 Å². The van der Waals surface area contributed by atoms with Crippen molar-refractivity contribution in [1.82, 2.24) is 25.3 Å². The third kappa shape index (κ3) is 6.47. The fraction of sp³-hybridized carbons (Fsp3) is 0.737. The first-order valence-corrected chi connectivity index (χ1v) is 18.7. The third-order valence-corrected chi connectivity index (χ3v) is 12.8. The molecule has 10 heteroatoms. The third-order valence-electron chi connectivity index (χ3n) is 12.8. The molecule has 5 fully saturated rings. The average Bonchev–Trinajstić information content (AvgIpc) is 3.33. The summed E-state index contributed by atoms with van der Waals surface area (Å²) < 4.78 is 30.5. The van der Waals surface area contributed by atoms with Crippen LogP contribution in [0.1, 0.15) is 94.3 Å². The molecular formula is C38H55FN6O3. The van der Waals surface area contributed by atoms with Gasteiger partial charge in [-0.15, -0.1) is 0 Å². The van der Waals surface area contributed by atoms with Gasteiger partial charge >= 0.3 is 0 Å². The Morgan fingerprint density at radius 2 is 1.92 bits per heavy atom. The normalized spacial score (nSPS) is 38.1. The van der Waals surface area contributed by atoms with Gasteiger partial charge in [0, 0.05) is 43.6 Å². The maximum absolute atomic E-state index is 16.7. The van der Waals surface area contributed by atoms with Gasteiger partial charge in [0.1, 0.15) is 5.60 Å². The lowest BCUT2D eigenvalue weighted by Crippen LogP contribution is -2.80. The highest BCUT2D eigenvalue weighted by Gasteiger charge is 2.58. The second-order valence-corrected chi connectivity index (χ2v) is 15.4. The minimum atomic E-state index is -1.19. The number of benzene rings is 1. The summed E-state index contributed by atoms with van der Waals surface area (Å²) in [6.45, 7) is 7.71. The highest BCUT2D eigenvalue weighted by Crippen LogP contribution is 2.52. The molecule has 8 atom stereocenters. The molecule has 0 aromatic heterocycles. The van der Waals surface area contributed by atoms with Gasteiger partial charge in [0.05, 0.1) is 37.9 Å². The van der Waals surface area contributed by atoms with Crippen molar-refractivity contribution in [3.8, 4) is 6.07 Å². The van der Waals surface area contributed by atoms with E-state index in [2.05, 4.69) is 40.1 Å². The van der Waals surface area contributed by atoms with E-state index in [1.54, 1.807) is 0 Å². The number of carbonyl (C=O) groups excluding carboxylic acids is 1. The Bertz CT molecular complexity index is 1350. The number of likely N-dealkylation sites (N-methyl/N-ethyl adjacent to an activating group) is 1. The number of hydrogen-bond donors (Lipinski definition) is 2. The van der Waals surface area contributed by atoms with Gasteiger partial charge in [-0.25, -0.2) is 4.39 Å². The number of carbonyl (C=O) groups is 1. The number of rotatable bonds is 7. The molecule has 1 aromatic rings. The molecule has 4 aliphatic heterocycles. The van der Waals surface area contributed by atoms with Gasteiger partial charge in [0.25, 0.3) is 0 Å². The molecule has 3 saturated heterocycles. The molecule has 6 aliphatic rings. The summed E-state index contributed by atoms with van der Waals surface area (Å²) in [5, 5.41) is 18.0. The number of ether oxygens (including phenoxy) is 2. The van der Waals surface area contributed by atoms with Crippen molar-refractivity contribution in [3.05, 3.63) is 48.0 Å². The molecule has 1 spiro atoms. The predicted molar refractivity (Wildman–Crippen MR) is 182 cm³/mol. The summed E-state index contributed by atoms with van der Waals surface area (Å²) in [7, 11) is 2.20. The van der Waals surface area contributed by atoms with Gasteiger partial charge in [-0.05, 0) is 75.7 Å². The van der Waals surface area contributed by atoms with Gasteiger partial charge in [0.15, 0.2) is 12.0 Å². The minimum absolute atomic E-state index is 0.0275. The molecule has 0 bridgehead atoms. The average molecular weight is 663 g/mol. The van der Waals surface area contributed by atoms with E-state index in [0.29, 0.717) is 51.7 Å². The molecule has 262 valence electrons. The lowest BCUT2D eigenvalue weighted by Gasteiger charge is -2.60. The van der Waals surface area contributed by atoms with Crippen LogP contribution in [0.4, 0.5) is 4.39 Å². The number of halogens is 1. The summed E-state index contributed by atoms with van der Waals surface area (Å²) in [5.41, 5.74) is 0.829. The largest absolute Gasteiger partial charge is 0.367 e. The zero-order valence-corrected chi connectivity index (χ0v) is 28.8. The number of nitrogens with one attached hydrogen (secondary N) is 2. The first-order chi connectivity index (χ1) is 23.4. The van der Waals surface area contributed by atoms with Gasteiger partial charge in [-0.3, -0.25) is 20.3 Å². The molecular weight excluding hydrogens is 607 g/mol. The van der Waals surface area contributed by atoms with Crippen molar-refractivity contribution in [2.45, 2.75) is 126 Å². The summed E-state index contributed by atoms with van der Waals surface area (Å²) >= 11 is 0.